The van der Waals surface area contributed by atoms with Crippen molar-refractivity contribution in [3.63, 3.8) is 0 Å². The zero-order valence-corrected chi connectivity index (χ0v) is 20.2. The molecule has 0 radical (unpaired) electrons. The summed E-state index contributed by atoms with van der Waals surface area (Å²) in [6.45, 7) is 7.56. The molecule has 3 aliphatic rings. The molecular weight excluding hydrogens is 447 g/mol. The molecule has 1 fully saturated rings. The zero-order valence-electron chi connectivity index (χ0n) is 20.2. The van der Waals surface area contributed by atoms with Gasteiger partial charge >= 0.3 is 0 Å². The summed E-state index contributed by atoms with van der Waals surface area (Å²) in [7, 11) is 0. The monoisotopic (exact) mass is 478 g/mol. The second-order valence-electron chi connectivity index (χ2n) is 9.58. The van der Waals surface area contributed by atoms with Crippen LogP contribution in [-0.2, 0) is 15.0 Å². The molecule has 0 spiro atoms. The number of carbonyl (C=O) groups excluding carboxylic acids is 2. The van der Waals surface area contributed by atoms with Gasteiger partial charge < -0.3 is 9.64 Å². The molecule has 1 unspecified atom stereocenters. The van der Waals surface area contributed by atoms with E-state index in [-0.39, 0.29) is 23.5 Å². The average molecular weight is 479 g/mol. The van der Waals surface area contributed by atoms with Crippen LogP contribution >= 0.6 is 0 Å². The summed E-state index contributed by atoms with van der Waals surface area (Å²) in [5.41, 5.74) is 1.40. The number of ketones is 1. The largest absolute Gasteiger partial charge is 0.489 e. The van der Waals surface area contributed by atoms with Gasteiger partial charge in [0.25, 0.3) is 0 Å². The van der Waals surface area contributed by atoms with Gasteiger partial charge in [0.2, 0.25) is 5.91 Å². The van der Waals surface area contributed by atoms with Crippen molar-refractivity contribution >= 4 is 23.1 Å². The number of nitrogens with zero attached hydrogens (tertiary/aromatic N) is 4. The normalized spacial score (nSPS) is 23.9. The van der Waals surface area contributed by atoms with Crippen molar-refractivity contribution in [2.75, 3.05) is 44.3 Å². The first kappa shape index (κ1) is 23.5. The molecule has 2 atom stereocenters. The third-order valence-electron chi connectivity index (χ3n) is 7.54. The molecule has 0 aliphatic carbocycles. The van der Waals surface area contributed by atoms with Crippen molar-refractivity contribution in [1.29, 1.82) is 0 Å². The van der Waals surface area contributed by atoms with Crippen LogP contribution in [0.25, 0.3) is 0 Å². The highest BCUT2D eigenvalue weighted by molar-refractivity contribution is 6.43. The lowest BCUT2D eigenvalue weighted by Crippen LogP contribution is -2.54. The fourth-order valence-electron chi connectivity index (χ4n) is 5.77. The molecule has 3 aliphatic heterocycles. The maximum absolute atomic E-state index is 14.2. The minimum atomic E-state index is -0.668. The zero-order chi connectivity index (χ0) is 24.6. The molecular formula is C27H31FN4O3. The Balaban J connectivity index is 1.45. The van der Waals surface area contributed by atoms with Gasteiger partial charge in [0.05, 0.1) is 5.41 Å². The molecule has 35 heavy (non-hydrogen) atoms. The molecule has 0 saturated carbocycles. The smallest absolute Gasteiger partial charge is 0.219 e. The fraction of sp³-hybridized carbons (Fsp3) is 0.444. The minimum Gasteiger partial charge on any atom is -0.489 e. The second kappa shape index (κ2) is 9.41. The highest BCUT2D eigenvalue weighted by Gasteiger charge is 2.55. The van der Waals surface area contributed by atoms with E-state index in [4.69, 9.17) is 9.84 Å². The molecule has 0 N–H and O–H groups in total. The number of halogens is 1. The van der Waals surface area contributed by atoms with E-state index in [0.29, 0.717) is 30.2 Å². The molecule has 3 heterocycles. The number of piperazine rings is 1. The lowest BCUT2D eigenvalue weighted by Gasteiger charge is -2.42. The Labute approximate surface area is 205 Å². The van der Waals surface area contributed by atoms with E-state index in [1.165, 1.54) is 12.1 Å². The Bertz CT molecular complexity index is 1150. The maximum Gasteiger partial charge on any atom is 0.219 e. The Morgan fingerprint density at radius 2 is 1.83 bits per heavy atom. The maximum atomic E-state index is 14.2. The van der Waals surface area contributed by atoms with Crippen LogP contribution in [0.4, 0.5) is 10.1 Å². The van der Waals surface area contributed by atoms with E-state index < -0.39 is 5.41 Å². The number of hydrogen-bond donors (Lipinski definition) is 0. The summed E-state index contributed by atoms with van der Waals surface area (Å²) < 4.78 is 20.3. The molecule has 8 heteroatoms. The van der Waals surface area contributed by atoms with Crippen LogP contribution < -0.4 is 9.75 Å². The van der Waals surface area contributed by atoms with Crippen LogP contribution in [0.2, 0.25) is 0 Å². The Kier molecular flexibility index (Phi) is 6.32. The van der Waals surface area contributed by atoms with E-state index in [1.807, 2.05) is 23.1 Å². The number of carbonyl (C=O) groups is 2. The predicted octanol–water partition coefficient (Wildman–Crippen LogP) is 3.23. The summed E-state index contributed by atoms with van der Waals surface area (Å²) in [4.78, 5) is 28.9. The van der Waals surface area contributed by atoms with Crippen molar-refractivity contribution in [3.8, 4) is 5.75 Å². The first-order chi connectivity index (χ1) is 16.9. The lowest BCUT2D eigenvalue weighted by molar-refractivity contribution is -0.130. The van der Waals surface area contributed by atoms with Gasteiger partial charge in [-0.3, -0.25) is 19.5 Å². The van der Waals surface area contributed by atoms with Crippen molar-refractivity contribution in [1.82, 2.24) is 9.80 Å². The molecule has 7 nitrogen and oxygen atoms in total. The SMILES string of the molecule is CC(=O)C1=NN2c3cc(F)ccc3OCC2[C@@]1(CCCN1CCN(C(C)=O)CC1)c1ccccc1. The second-order valence-corrected chi connectivity index (χ2v) is 9.58. The highest BCUT2D eigenvalue weighted by atomic mass is 19.1. The fourth-order valence-corrected chi connectivity index (χ4v) is 5.77. The molecule has 0 bridgehead atoms. The summed E-state index contributed by atoms with van der Waals surface area (Å²) in [6.07, 6.45) is 1.55. The van der Waals surface area contributed by atoms with Gasteiger partial charge in [-0.2, -0.15) is 5.10 Å². The van der Waals surface area contributed by atoms with Gasteiger partial charge in [0.15, 0.2) is 5.78 Å². The Morgan fingerprint density at radius 3 is 2.51 bits per heavy atom. The Morgan fingerprint density at radius 1 is 1.09 bits per heavy atom. The van der Waals surface area contributed by atoms with E-state index in [2.05, 4.69) is 17.0 Å². The topological polar surface area (TPSA) is 65.5 Å². The van der Waals surface area contributed by atoms with Crippen LogP contribution in [0.1, 0.15) is 32.3 Å². The van der Waals surface area contributed by atoms with E-state index in [1.54, 1.807) is 24.9 Å². The van der Waals surface area contributed by atoms with Gasteiger partial charge in [-0.15, -0.1) is 0 Å². The van der Waals surface area contributed by atoms with Crippen LogP contribution in [0.5, 0.6) is 5.75 Å². The molecule has 5 rings (SSSR count). The average Bonchev–Trinajstić information content (AvgIpc) is 3.21. The number of fused-ring (bicyclic) bond motifs is 3. The van der Waals surface area contributed by atoms with E-state index >= 15 is 0 Å². The predicted molar refractivity (Wildman–Crippen MR) is 132 cm³/mol. The molecule has 1 saturated heterocycles. The van der Waals surface area contributed by atoms with Crippen molar-refractivity contribution in [3.05, 3.63) is 59.9 Å². The first-order valence-electron chi connectivity index (χ1n) is 12.2. The number of hydrazone groups is 1. The number of amides is 1. The molecule has 2 aromatic rings. The van der Waals surface area contributed by atoms with Crippen LogP contribution in [0.3, 0.4) is 0 Å². The minimum absolute atomic E-state index is 0.0868. The van der Waals surface area contributed by atoms with Gasteiger partial charge in [0, 0.05) is 46.1 Å². The number of hydrogen-bond acceptors (Lipinski definition) is 6. The number of Topliss-reactive ketones (excluding diaryl/α,β-unsaturated/α-hetero) is 1. The van der Waals surface area contributed by atoms with Crippen molar-refractivity contribution in [2.24, 2.45) is 5.10 Å². The first-order valence-corrected chi connectivity index (χ1v) is 12.2. The van der Waals surface area contributed by atoms with Gasteiger partial charge in [-0.1, -0.05) is 30.3 Å². The van der Waals surface area contributed by atoms with Crippen LogP contribution in [0.15, 0.2) is 53.6 Å². The van der Waals surface area contributed by atoms with Crippen molar-refractivity contribution in [2.45, 2.75) is 38.1 Å². The third kappa shape index (κ3) is 4.20. The van der Waals surface area contributed by atoms with Crippen molar-refractivity contribution < 1.29 is 18.7 Å². The molecule has 0 aromatic heterocycles. The summed E-state index contributed by atoms with van der Waals surface area (Å²) in [6, 6.07) is 14.2. The van der Waals surface area contributed by atoms with Gasteiger partial charge in [0.1, 0.15) is 35.6 Å². The van der Waals surface area contributed by atoms with Gasteiger partial charge in [-0.05, 0) is 37.1 Å². The number of benzene rings is 2. The number of anilines is 1. The standard InChI is InChI=1S/C27H31FN4O3/c1-19(33)26-27(21-7-4-3-5-8-21,11-6-12-30-13-15-31(16-14-30)20(2)34)25-18-35-24-10-9-22(28)17-23(24)32(25)29-26/h3-5,7-10,17,25H,6,11-16,18H2,1-2H3/t25?,27-/m1/s1. The quantitative estimate of drug-likeness (QED) is 0.638. The summed E-state index contributed by atoms with van der Waals surface area (Å²) >= 11 is 0. The number of rotatable bonds is 6. The van der Waals surface area contributed by atoms with Crippen LogP contribution in [-0.4, -0.2) is 72.6 Å². The third-order valence-corrected chi connectivity index (χ3v) is 7.54. The highest BCUT2D eigenvalue weighted by Crippen LogP contribution is 2.48. The molecule has 1 amide bonds. The summed E-state index contributed by atoms with van der Waals surface area (Å²) in [5, 5.41) is 6.62. The summed E-state index contributed by atoms with van der Waals surface area (Å²) in [5.74, 6) is 0.238. The molecule has 2 aromatic carbocycles. The van der Waals surface area contributed by atoms with E-state index in [0.717, 1.165) is 44.7 Å². The lowest BCUT2D eigenvalue weighted by atomic mass is 9.67. The van der Waals surface area contributed by atoms with Gasteiger partial charge in [-0.25, -0.2) is 4.39 Å². The van der Waals surface area contributed by atoms with E-state index in [9.17, 15) is 14.0 Å². The number of ether oxygens (including phenoxy) is 1. The Hall–Kier alpha value is -3.26. The molecule has 184 valence electrons. The van der Waals surface area contributed by atoms with Crippen LogP contribution in [0, 0.1) is 5.82 Å².